The lowest BCUT2D eigenvalue weighted by Gasteiger charge is -2.20. The predicted molar refractivity (Wildman–Crippen MR) is 67.0 cm³/mol. The molecule has 18 heavy (non-hydrogen) atoms. The van der Waals surface area contributed by atoms with Crippen molar-refractivity contribution >= 4 is 23.2 Å². The number of alkyl halides is 1. The summed E-state index contributed by atoms with van der Waals surface area (Å²) < 4.78 is 18.4. The molecule has 0 saturated carbocycles. The number of rotatable bonds is 4. The summed E-state index contributed by atoms with van der Waals surface area (Å²) >= 11 is 5.56. The van der Waals surface area contributed by atoms with Crippen LogP contribution < -0.4 is 4.90 Å². The standard InChI is InChI=1S/C13H11ClFNO2/c14-8-13(17)16(9-12-5-2-6-18-12)11-4-1-3-10(15)7-11/h1-7H,8-9H2. The first kappa shape index (κ1) is 12.6. The molecular formula is C13H11ClFNO2. The number of furan rings is 1. The second-order valence-corrected chi connectivity index (χ2v) is 3.94. The van der Waals surface area contributed by atoms with Gasteiger partial charge in [0.1, 0.15) is 17.5 Å². The van der Waals surface area contributed by atoms with E-state index in [1.165, 1.54) is 23.3 Å². The van der Waals surface area contributed by atoms with E-state index in [2.05, 4.69) is 0 Å². The van der Waals surface area contributed by atoms with Gasteiger partial charge in [-0.1, -0.05) is 6.07 Å². The highest BCUT2D eigenvalue weighted by molar-refractivity contribution is 6.29. The van der Waals surface area contributed by atoms with E-state index in [4.69, 9.17) is 16.0 Å². The number of anilines is 1. The van der Waals surface area contributed by atoms with Gasteiger partial charge in [-0.05, 0) is 30.3 Å². The number of nitrogens with zero attached hydrogens (tertiary/aromatic N) is 1. The normalized spacial score (nSPS) is 10.3. The van der Waals surface area contributed by atoms with E-state index < -0.39 is 5.82 Å². The van der Waals surface area contributed by atoms with Crippen LogP contribution >= 0.6 is 11.6 Å². The van der Waals surface area contributed by atoms with Crippen molar-refractivity contribution in [1.82, 2.24) is 0 Å². The lowest BCUT2D eigenvalue weighted by molar-refractivity contribution is -0.116. The summed E-state index contributed by atoms with van der Waals surface area (Å²) in [5, 5.41) is 0. The first-order valence-electron chi connectivity index (χ1n) is 5.35. The Kier molecular flexibility index (Phi) is 3.99. The summed E-state index contributed by atoms with van der Waals surface area (Å²) in [4.78, 5) is 13.2. The molecule has 5 heteroatoms. The zero-order valence-corrected chi connectivity index (χ0v) is 10.2. The van der Waals surface area contributed by atoms with Gasteiger partial charge in [-0.2, -0.15) is 0 Å². The minimum atomic E-state index is -0.403. The lowest BCUT2D eigenvalue weighted by Crippen LogP contribution is -2.31. The Morgan fingerprint density at radius 3 is 2.78 bits per heavy atom. The maximum absolute atomic E-state index is 13.2. The zero-order valence-electron chi connectivity index (χ0n) is 9.48. The minimum absolute atomic E-state index is 0.169. The molecule has 2 aromatic rings. The summed E-state index contributed by atoms with van der Waals surface area (Å²) in [6, 6.07) is 9.27. The quantitative estimate of drug-likeness (QED) is 0.797. The van der Waals surface area contributed by atoms with Crippen molar-refractivity contribution in [3.63, 3.8) is 0 Å². The number of carbonyl (C=O) groups excluding carboxylic acids is 1. The highest BCUT2D eigenvalue weighted by Gasteiger charge is 2.16. The van der Waals surface area contributed by atoms with E-state index >= 15 is 0 Å². The third-order valence-electron chi connectivity index (χ3n) is 2.43. The molecule has 0 unspecified atom stereocenters. The monoisotopic (exact) mass is 267 g/mol. The predicted octanol–water partition coefficient (Wildman–Crippen LogP) is 3.19. The smallest absolute Gasteiger partial charge is 0.242 e. The van der Waals surface area contributed by atoms with Gasteiger partial charge in [0.2, 0.25) is 5.91 Å². The maximum Gasteiger partial charge on any atom is 0.242 e. The molecule has 1 aromatic heterocycles. The first-order chi connectivity index (χ1) is 8.70. The van der Waals surface area contributed by atoms with E-state index in [0.717, 1.165) is 0 Å². The molecule has 1 amide bonds. The van der Waals surface area contributed by atoms with Crippen molar-refractivity contribution in [2.45, 2.75) is 6.54 Å². The number of halogens is 2. The van der Waals surface area contributed by atoms with Gasteiger partial charge in [0.15, 0.2) is 0 Å². The van der Waals surface area contributed by atoms with Crippen LogP contribution in [0.5, 0.6) is 0 Å². The number of hydrogen-bond acceptors (Lipinski definition) is 2. The van der Waals surface area contributed by atoms with Gasteiger partial charge in [0.25, 0.3) is 0 Å². The zero-order chi connectivity index (χ0) is 13.0. The summed E-state index contributed by atoms with van der Waals surface area (Å²) in [5.74, 6) is -0.271. The highest BCUT2D eigenvalue weighted by atomic mass is 35.5. The van der Waals surface area contributed by atoms with Crippen LogP contribution in [0.3, 0.4) is 0 Å². The molecule has 2 rings (SSSR count). The molecule has 0 fully saturated rings. The van der Waals surface area contributed by atoms with E-state index in [1.54, 1.807) is 24.3 Å². The highest BCUT2D eigenvalue weighted by Crippen LogP contribution is 2.19. The van der Waals surface area contributed by atoms with E-state index in [9.17, 15) is 9.18 Å². The molecule has 0 bridgehead atoms. The fourth-order valence-electron chi connectivity index (χ4n) is 1.60. The van der Waals surface area contributed by atoms with Gasteiger partial charge >= 0.3 is 0 Å². The molecule has 0 aliphatic carbocycles. The third-order valence-corrected chi connectivity index (χ3v) is 2.66. The molecule has 1 aromatic carbocycles. The third kappa shape index (κ3) is 2.90. The fourth-order valence-corrected chi connectivity index (χ4v) is 1.74. The largest absolute Gasteiger partial charge is 0.467 e. The van der Waals surface area contributed by atoms with Gasteiger partial charge in [0, 0.05) is 5.69 Å². The average Bonchev–Trinajstić information content (AvgIpc) is 2.88. The second kappa shape index (κ2) is 5.69. The Morgan fingerprint density at radius 1 is 1.33 bits per heavy atom. The minimum Gasteiger partial charge on any atom is -0.467 e. The van der Waals surface area contributed by atoms with Crippen LogP contribution in [-0.2, 0) is 11.3 Å². The number of hydrogen-bond donors (Lipinski definition) is 0. The van der Waals surface area contributed by atoms with E-state index in [-0.39, 0.29) is 18.3 Å². The Hall–Kier alpha value is -1.81. The molecule has 3 nitrogen and oxygen atoms in total. The van der Waals surface area contributed by atoms with Crippen molar-refractivity contribution < 1.29 is 13.6 Å². The fraction of sp³-hybridized carbons (Fsp3) is 0.154. The summed E-state index contributed by atoms with van der Waals surface area (Å²) in [6.45, 7) is 0.224. The Balaban J connectivity index is 2.28. The van der Waals surface area contributed by atoms with Crippen LogP contribution in [0.4, 0.5) is 10.1 Å². The van der Waals surface area contributed by atoms with Crippen molar-refractivity contribution in [3.8, 4) is 0 Å². The molecule has 1 heterocycles. The average molecular weight is 268 g/mol. The van der Waals surface area contributed by atoms with Crippen LogP contribution in [-0.4, -0.2) is 11.8 Å². The van der Waals surface area contributed by atoms with Crippen LogP contribution in [0.25, 0.3) is 0 Å². The molecule has 0 N–H and O–H groups in total. The second-order valence-electron chi connectivity index (χ2n) is 3.67. The Morgan fingerprint density at radius 2 is 2.17 bits per heavy atom. The molecule has 0 saturated heterocycles. The number of carbonyl (C=O) groups is 1. The first-order valence-corrected chi connectivity index (χ1v) is 5.88. The number of amides is 1. The van der Waals surface area contributed by atoms with E-state index in [0.29, 0.717) is 11.4 Å². The molecule has 0 radical (unpaired) electrons. The van der Waals surface area contributed by atoms with Crippen LogP contribution in [0.15, 0.2) is 47.1 Å². The molecule has 94 valence electrons. The maximum atomic E-state index is 13.2. The Labute approximate surface area is 109 Å². The topological polar surface area (TPSA) is 33.5 Å². The van der Waals surface area contributed by atoms with Crippen LogP contribution in [0.1, 0.15) is 5.76 Å². The Bertz CT molecular complexity index is 528. The SMILES string of the molecule is O=C(CCl)N(Cc1ccco1)c1cccc(F)c1. The summed E-state index contributed by atoms with van der Waals surface area (Å²) in [5.41, 5.74) is 0.456. The van der Waals surface area contributed by atoms with Crippen molar-refractivity contribution in [2.75, 3.05) is 10.8 Å². The van der Waals surface area contributed by atoms with Crippen molar-refractivity contribution in [3.05, 3.63) is 54.2 Å². The van der Waals surface area contributed by atoms with Gasteiger partial charge in [-0.3, -0.25) is 4.79 Å². The molecule has 0 aliphatic heterocycles. The van der Waals surface area contributed by atoms with Crippen molar-refractivity contribution in [1.29, 1.82) is 0 Å². The van der Waals surface area contributed by atoms with Gasteiger partial charge in [-0.15, -0.1) is 11.6 Å². The van der Waals surface area contributed by atoms with Crippen molar-refractivity contribution in [2.24, 2.45) is 0 Å². The van der Waals surface area contributed by atoms with Gasteiger partial charge in [0.05, 0.1) is 12.8 Å². The summed E-state index contributed by atoms with van der Waals surface area (Å²) in [7, 11) is 0. The van der Waals surface area contributed by atoms with Crippen LogP contribution in [0.2, 0.25) is 0 Å². The molecule has 0 spiro atoms. The molecule has 0 aliphatic rings. The van der Waals surface area contributed by atoms with E-state index in [1.807, 2.05) is 0 Å². The van der Waals surface area contributed by atoms with Gasteiger partial charge in [-0.25, -0.2) is 4.39 Å². The molecular weight excluding hydrogens is 257 g/mol. The number of benzene rings is 1. The van der Waals surface area contributed by atoms with Gasteiger partial charge < -0.3 is 9.32 Å². The van der Waals surface area contributed by atoms with Crippen LogP contribution in [0, 0.1) is 5.82 Å². The molecule has 0 atom stereocenters. The summed E-state index contributed by atoms with van der Waals surface area (Å²) in [6.07, 6.45) is 1.52. The lowest BCUT2D eigenvalue weighted by atomic mass is 10.2.